The number of hydrogen-bond donors (Lipinski definition) is 2. The van der Waals surface area contributed by atoms with E-state index in [0.717, 1.165) is 33.9 Å². The Balaban J connectivity index is 1.35. The van der Waals surface area contributed by atoms with Gasteiger partial charge in [0, 0.05) is 22.3 Å². The molecule has 0 bridgehead atoms. The van der Waals surface area contributed by atoms with E-state index in [0.29, 0.717) is 5.92 Å². The van der Waals surface area contributed by atoms with Gasteiger partial charge >= 0.3 is 0 Å². The SMILES string of the molecule is Cc1nc2c3ccccc3c3cc(-c4ccc5cc(-c6cnc(C(C)C)[nH]6)ccc5c4)ccc3c2[nH]1. The van der Waals surface area contributed by atoms with Crippen LogP contribution in [0.3, 0.4) is 0 Å². The molecule has 0 fully saturated rings. The van der Waals surface area contributed by atoms with Crippen LogP contribution < -0.4 is 0 Å². The van der Waals surface area contributed by atoms with Gasteiger partial charge in [-0.25, -0.2) is 9.97 Å². The summed E-state index contributed by atoms with van der Waals surface area (Å²) in [6.07, 6.45) is 1.93. The van der Waals surface area contributed by atoms with Crippen molar-refractivity contribution >= 4 is 43.4 Å². The van der Waals surface area contributed by atoms with Gasteiger partial charge in [-0.3, -0.25) is 0 Å². The highest BCUT2D eigenvalue weighted by atomic mass is 14.9. The standard InChI is InChI=1S/C32H26N4/c1-18(2)32-33-17-29(36-32)24-11-10-20-14-21(8-9-22(20)15-24)23-12-13-27-28(16-23)25-6-4-5-7-26(25)30-31(27)35-19(3)34-30/h4-18H,1-3H3,(H,33,36)(H,34,35). The molecule has 5 aromatic carbocycles. The van der Waals surface area contributed by atoms with Gasteiger partial charge in [0.25, 0.3) is 0 Å². The molecule has 4 heteroatoms. The molecule has 36 heavy (non-hydrogen) atoms. The quantitative estimate of drug-likeness (QED) is 0.256. The van der Waals surface area contributed by atoms with Crippen molar-refractivity contribution in [2.45, 2.75) is 26.7 Å². The van der Waals surface area contributed by atoms with E-state index in [1.807, 2.05) is 13.1 Å². The average Bonchev–Trinajstić information content (AvgIpc) is 3.55. The Morgan fingerprint density at radius 3 is 2.14 bits per heavy atom. The van der Waals surface area contributed by atoms with E-state index in [-0.39, 0.29) is 0 Å². The molecule has 0 saturated heterocycles. The average molecular weight is 467 g/mol. The molecular formula is C32H26N4. The fourth-order valence-electron chi connectivity index (χ4n) is 5.34. The first-order valence-corrected chi connectivity index (χ1v) is 12.5. The molecule has 0 amide bonds. The second kappa shape index (κ2) is 7.79. The second-order valence-corrected chi connectivity index (χ2v) is 9.97. The van der Waals surface area contributed by atoms with Crippen LogP contribution >= 0.6 is 0 Å². The van der Waals surface area contributed by atoms with Gasteiger partial charge in [0.15, 0.2) is 0 Å². The molecule has 0 saturated carbocycles. The van der Waals surface area contributed by atoms with Crippen LogP contribution in [0.4, 0.5) is 0 Å². The van der Waals surface area contributed by atoms with Gasteiger partial charge in [0.05, 0.1) is 22.9 Å². The van der Waals surface area contributed by atoms with Gasteiger partial charge in [-0.1, -0.05) is 74.5 Å². The lowest BCUT2D eigenvalue weighted by Gasteiger charge is -2.10. The number of rotatable bonds is 3. The van der Waals surface area contributed by atoms with E-state index in [1.165, 1.54) is 43.4 Å². The normalized spacial score (nSPS) is 12.0. The summed E-state index contributed by atoms with van der Waals surface area (Å²) in [5.74, 6) is 2.34. The van der Waals surface area contributed by atoms with Gasteiger partial charge in [0.1, 0.15) is 11.6 Å². The molecule has 0 atom stereocenters. The number of hydrogen-bond acceptors (Lipinski definition) is 2. The van der Waals surface area contributed by atoms with Crippen LogP contribution in [0.1, 0.15) is 31.4 Å². The van der Waals surface area contributed by atoms with Gasteiger partial charge < -0.3 is 9.97 Å². The zero-order chi connectivity index (χ0) is 24.4. The third kappa shape index (κ3) is 3.22. The number of benzene rings is 5. The highest BCUT2D eigenvalue weighted by molar-refractivity contribution is 6.23. The number of H-pyrrole nitrogens is 2. The molecular weight excluding hydrogens is 440 g/mol. The second-order valence-electron chi connectivity index (χ2n) is 9.97. The molecule has 2 aromatic heterocycles. The molecule has 7 aromatic rings. The largest absolute Gasteiger partial charge is 0.342 e. The smallest absolute Gasteiger partial charge is 0.109 e. The van der Waals surface area contributed by atoms with Crippen molar-refractivity contribution < 1.29 is 0 Å². The monoisotopic (exact) mass is 466 g/mol. The van der Waals surface area contributed by atoms with Gasteiger partial charge in [-0.15, -0.1) is 0 Å². The zero-order valence-electron chi connectivity index (χ0n) is 20.6. The van der Waals surface area contributed by atoms with E-state index < -0.39 is 0 Å². The number of imidazole rings is 2. The van der Waals surface area contributed by atoms with Gasteiger partial charge in [-0.2, -0.15) is 0 Å². The van der Waals surface area contributed by atoms with Crippen molar-refractivity contribution in [3.63, 3.8) is 0 Å². The van der Waals surface area contributed by atoms with Gasteiger partial charge in [-0.05, 0) is 57.8 Å². The lowest BCUT2D eigenvalue weighted by Crippen LogP contribution is -1.89. The summed E-state index contributed by atoms with van der Waals surface area (Å²) in [5, 5.41) is 7.32. The van der Waals surface area contributed by atoms with Crippen molar-refractivity contribution in [2.24, 2.45) is 0 Å². The number of aromatic amines is 2. The third-order valence-electron chi connectivity index (χ3n) is 7.21. The van der Waals surface area contributed by atoms with E-state index in [4.69, 9.17) is 4.98 Å². The molecule has 2 N–H and O–H groups in total. The summed E-state index contributed by atoms with van der Waals surface area (Å²) in [6.45, 7) is 6.32. The summed E-state index contributed by atoms with van der Waals surface area (Å²) in [5.41, 5.74) is 6.80. The minimum atomic E-state index is 0.384. The Hall–Kier alpha value is -4.44. The van der Waals surface area contributed by atoms with Crippen molar-refractivity contribution in [1.82, 2.24) is 19.9 Å². The molecule has 0 radical (unpaired) electrons. The van der Waals surface area contributed by atoms with Crippen LogP contribution in [0.2, 0.25) is 0 Å². The first-order chi connectivity index (χ1) is 17.5. The Bertz CT molecular complexity index is 1940. The van der Waals surface area contributed by atoms with E-state index >= 15 is 0 Å². The molecule has 4 nitrogen and oxygen atoms in total. The first-order valence-electron chi connectivity index (χ1n) is 12.5. The van der Waals surface area contributed by atoms with E-state index in [9.17, 15) is 0 Å². The Kier molecular flexibility index (Phi) is 4.52. The third-order valence-corrected chi connectivity index (χ3v) is 7.21. The predicted octanol–water partition coefficient (Wildman–Crippen LogP) is 8.51. The van der Waals surface area contributed by atoms with E-state index in [2.05, 4.69) is 108 Å². The molecule has 0 aliphatic carbocycles. The minimum Gasteiger partial charge on any atom is -0.342 e. The lowest BCUT2D eigenvalue weighted by atomic mass is 9.94. The van der Waals surface area contributed by atoms with Crippen molar-refractivity contribution in [3.05, 3.63) is 96.7 Å². The van der Waals surface area contributed by atoms with Crippen LogP contribution in [0.15, 0.2) is 85.1 Å². The van der Waals surface area contributed by atoms with Crippen LogP contribution in [-0.2, 0) is 0 Å². The molecule has 2 heterocycles. The van der Waals surface area contributed by atoms with Crippen molar-refractivity contribution in [1.29, 1.82) is 0 Å². The highest BCUT2D eigenvalue weighted by Crippen LogP contribution is 2.37. The molecule has 0 unspecified atom stereocenters. The minimum absolute atomic E-state index is 0.384. The maximum Gasteiger partial charge on any atom is 0.109 e. The topological polar surface area (TPSA) is 57.4 Å². The van der Waals surface area contributed by atoms with E-state index in [1.54, 1.807) is 0 Å². The fourth-order valence-corrected chi connectivity index (χ4v) is 5.34. The summed E-state index contributed by atoms with van der Waals surface area (Å²) in [7, 11) is 0. The lowest BCUT2D eigenvalue weighted by molar-refractivity contribution is 0.795. The van der Waals surface area contributed by atoms with Crippen molar-refractivity contribution in [3.8, 4) is 22.4 Å². The summed E-state index contributed by atoms with van der Waals surface area (Å²) in [4.78, 5) is 16.3. The van der Waals surface area contributed by atoms with Crippen molar-refractivity contribution in [2.75, 3.05) is 0 Å². The number of nitrogens with zero attached hydrogens (tertiary/aromatic N) is 2. The van der Waals surface area contributed by atoms with Crippen LogP contribution in [0, 0.1) is 6.92 Å². The van der Waals surface area contributed by atoms with Crippen LogP contribution in [0.25, 0.3) is 65.7 Å². The highest BCUT2D eigenvalue weighted by Gasteiger charge is 2.13. The molecule has 174 valence electrons. The Labute approximate surface area is 209 Å². The summed E-state index contributed by atoms with van der Waals surface area (Å²) in [6, 6.07) is 28.7. The Morgan fingerprint density at radius 2 is 1.36 bits per heavy atom. The number of fused-ring (bicyclic) bond motifs is 7. The predicted molar refractivity (Wildman–Crippen MR) is 150 cm³/mol. The first kappa shape index (κ1) is 20.9. The molecule has 0 aliphatic heterocycles. The van der Waals surface area contributed by atoms with Crippen LogP contribution in [-0.4, -0.2) is 19.9 Å². The summed E-state index contributed by atoms with van der Waals surface area (Å²) < 4.78 is 0. The van der Waals surface area contributed by atoms with Crippen LogP contribution in [0.5, 0.6) is 0 Å². The fraction of sp³-hybridized carbons (Fsp3) is 0.125. The number of nitrogens with one attached hydrogen (secondary N) is 2. The number of aryl methyl sites for hydroxylation is 1. The number of aromatic nitrogens is 4. The maximum atomic E-state index is 4.78. The summed E-state index contributed by atoms with van der Waals surface area (Å²) >= 11 is 0. The molecule has 0 spiro atoms. The molecule has 7 rings (SSSR count). The maximum absolute atomic E-state index is 4.78. The molecule has 0 aliphatic rings. The van der Waals surface area contributed by atoms with Gasteiger partial charge in [0.2, 0.25) is 0 Å². The Morgan fingerprint density at radius 1 is 0.667 bits per heavy atom. The zero-order valence-corrected chi connectivity index (χ0v) is 20.6.